The van der Waals surface area contributed by atoms with Crippen LogP contribution in [0.3, 0.4) is 0 Å². The van der Waals surface area contributed by atoms with Crippen LogP contribution in [0.2, 0.25) is 0 Å². The van der Waals surface area contributed by atoms with E-state index in [-0.39, 0.29) is 0 Å². The van der Waals surface area contributed by atoms with Crippen molar-refractivity contribution in [3.63, 3.8) is 0 Å². The molecule has 5 heteroatoms. The van der Waals surface area contributed by atoms with Gasteiger partial charge in [0.15, 0.2) is 12.4 Å². The second-order valence-corrected chi connectivity index (χ2v) is 4.57. The minimum atomic E-state index is 0.309. The van der Waals surface area contributed by atoms with E-state index < -0.39 is 0 Å². The number of aromatic nitrogens is 2. The van der Waals surface area contributed by atoms with Gasteiger partial charge in [0.2, 0.25) is 0 Å². The van der Waals surface area contributed by atoms with Crippen LogP contribution in [-0.2, 0) is 19.6 Å². The van der Waals surface area contributed by atoms with E-state index in [1.807, 2.05) is 24.3 Å². The zero-order chi connectivity index (χ0) is 14.2. The average molecular weight is 275 g/mol. The molecule has 1 aromatic heterocycles. The highest BCUT2D eigenvalue weighted by Crippen LogP contribution is 2.14. The van der Waals surface area contributed by atoms with Crippen molar-refractivity contribution in [1.82, 2.24) is 15.5 Å². The van der Waals surface area contributed by atoms with Crippen LogP contribution in [-0.4, -0.2) is 16.7 Å². The number of rotatable bonds is 8. The zero-order valence-electron chi connectivity index (χ0n) is 12.1. The van der Waals surface area contributed by atoms with Gasteiger partial charge in [-0.15, -0.1) is 0 Å². The van der Waals surface area contributed by atoms with Crippen LogP contribution < -0.4 is 10.1 Å². The van der Waals surface area contributed by atoms with Crippen molar-refractivity contribution in [3.05, 3.63) is 41.5 Å². The molecule has 1 heterocycles. The first-order valence-corrected chi connectivity index (χ1v) is 7.05. The van der Waals surface area contributed by atoms with Crippen LogP contribution in [0.1, 0.15) is 37.5 Å². The maximum absolute atomic E-state index is 5.63. The van der Waals surface area contributed by atoms with E-state index in [1.165, 1.54) is 5.56 Å². The molecule has 1 N–H and O–H groups in total. The third kappa shape index (κ3) is 4.35. The molecular formula is C15H21N3O2. The predicted octanol–water partition coefficient (Wildman–Crippen LogP) is 2.71. The van der Waals surface area contributed by atoms with Gasteiger partial charge in [-0.25, -0.2) is 0 Å². The minimum Gasteiger partial charge on any atom is -0.484 e. The van der Waals surface area contributed by atoms with Crippen LogP contribution in [0.5, 0.6) is 5.75 Å². The Balaban J connectivity index is 1.83. The zero-order valence-corrected chi connectivity index (χ0v) is 12.1. The molecule has 0 saturated carbocycles. The summed E-state index contributed by atoms with van der Waals surface area (Å²) in [6, 6.07) is 8.01. The van der Waals surface area contributed by atoms with Gasteiger partial charge in [0.05, 0.1) is 0 Å². The summed E-state index contributed by atoms with van der Waals surface area (Å²) in [4.78, 5) is 4.26. The Hall–Kier alpha value is -1.88. The Morgan fingerprint density at radius 3 is 2.70 bits per heavy atom. The Labute approximate surface area is 119 Å². The fourth-order valence-electron chi connectivity index (χ4n) is 1.79. The summed E-state index contributed by atoms with van der Waals surface area (Å²) in [6.07, 6.45) is 1.84. The second kappa shape index (κ2) is 7.65. The maximum atomic E-state index is 5.63. The normalized spacial score (nSPS) is 10.7. The molecule has 0 aliphatic heterocycles. The number of nitrogens with one attached hydrogen (secondary N) is 1. The Morgan fingerprint density at radius 2 is 2.00 bits per heavy atom. The van der Waals surface area contributed by atoms with Crippen molar-refractivity contribution in [2.45, 2.75) is 39.8 Å². The Bertz CT molecular complexity index is 508. The van der Waals surface area contributed by atoms with Crippen LogP contribution in [0.25, 0.3) is 0 Å². The predicted molar refractivity (Wildman–Crippen MR) is 76.4 cm³/mol. The summed E-state index contributed by atoms with van der Waals surface area (Å²) in [7, 11) is 0. The third-order valence-electron chi connectivity index (χ3n) is 2.85. The molecule has 2 rings (SSSR count). The standard InChI is InChI=1S/C15H21N3O2/c1-3-5-14-17-15(20-18-14)11-19-13-8-6-12(7-9-13)10-16-4-2/h6-9,16H,3-5,10-11H2,1-2H3. The number of ether oxygens (including phenoxy) is 1. The summed E-state index contributed by atoms with van der Waals surface area (Å²) in [5.41, 5.74) is 1.24. The highest BCUT2D eigenvalue weighted by atomic mass is 16.5. The number of hydrogen-bond donors (Lipinski definition) is 1. The van der Waals surface area contributed by atoms with Crippen molar-refractivity contribution in [1.29, 1.82) is 0 Å². The lowest BCUT2D eigenvalue weighted by Crippen LogP contribution is -2.11. The molecule has 2 aromatic rings. The van der Waals surface area contributed by atoms with Gasteiger partial charge in [0, 0.05) is 13.0 Å². The lowest BCUT2D eigenvalue weighted by atomic mass is 10.2. The molecule has 0 spiro atoms. The average Bonchev–Trinajstić information content (AvgIpc) is 2.92. The molecule has 0 atom stereocenters. The first-order chi connectivity index (χ1) is 9.81. The van der Waals surface area contributed by atoms with Crippen molar-refractivity contribution < 1.29 is 9.26 Å². The van der Waals surface area contributed by atoms with Crippen LogP contribution in [0, 0.1) is 0 Å². The lowest BCUT2D eigenvalue weighted by molar-refractivity contribution is 0.242. The van der Waals surface area contributed by atoms with E-state index in [0.717, 1.165) is 37.5 Å². The first-order valence-electron chi connectivity index (χ1n) is 7.05. The van der Waals surface area contributed by atoms with Crippen LogP contribution in [0.15, 0.2) is 28.8 Å². The van der Waals surface area contributed by atoms with E-state index in [0.29, 0.717) is 12.5 Å². The molecule has 1 aromatic carbocycles. The van der Waals surface area contributed by atoms with Crippen molar-refractivity contribution in [2.24, 2.45) is 0 Å². The summed E-state index contributed by atoms with van der Waals surface area (Å²) in [5, 5.41) is 7.17. The number of hydrogen-bond acceptors (Lipinski definition) is 5. The topological polar surface area (TPSA) is 60.2 Å². The summed E-state index contributed by atoms with van der Waals surface area (Å²) < 4.78 is 10.7. The van der Waals surface area contributed by atoms with Gasteiger partial charge in [0.1, 0.15) is 5.75 Å². The Kier molecular flexibility index (Phi) is 5.55. The maximum Gasteiger partial charge on any atom is 0.264 e. The molecule has 20 heavy (non-hydrogen) atoms. The van der Waals surface area contributed by atoms with Gasteiger partial charge in [-0.2, -0.15) is 4.98 Å². The van der Waals surface area contributed by atoms with Crippen molar-refractivity contribution in [2.75, 3.05) is 6.54 Å². The quantitative estimate of drug-likeness (QED) is 0.802. The fourth-order valence-corrected chi connectivity index (χ4v) is 1.79. The largest absolute Gasteiger partial charge is 0.484 e. The second-order valence-electron chi connectivity index (χ2n) is 4.57. The highest BCUT2D eigenvalue weighted by molar-refractivity contribution is 5.27. The molecule has 108 valence electrons. The number of nitrogens with zero attached hydrogens (tertiary/aromatic N) is 2. The van der Waals surface area contributed by atoms with Gasteiger partial charge in [-0.05, 0) is 30.7 Å². The van der Waals surface area contributed by atoms with Crippen molar-refractivity contribution >= 4 is 0 Å². The van der Waals surface area contributed by atoms with E-state index in [1.54, 1.807) is 0 Å². The van der Waals surface area contributed by atoms with Gasteiger partial charge in [-0.3, -0.25) is 0 Å². The Morgan fingerprint density at radius 1 is 1.20 bits per heavy atom. The summed E-state index contributed by atoms with van der Waals surface area (Å²) in [6.45, 7) is 6.33. The fraction of sp³-hybridized carbons (Fsp3) is 0.467. The monoisotopic (exact) mass is 275 g/mol. The van der Waals surface area contributed by atoms with E-state index in [9.17, 15) is 0 Å². The lowest BCUT2D eigenvalue weighted by Gasteiger charge is -2.05. The smallest absolute Gasteiger partial charge is 0.264 e. The minimum absolute atomic E-state index is 0.309. The molecule has 0 aliphatic carbocycles. The van der Waals surface area contributed by atoms with Crippen LogP contribution in [0.4, 0.5) is 0 Å². The molecule has 0 radical (unpaired) electrons. The van der Waals surface area contributed by atoms with Gasteiger partial charge >= 0.3 is 0 Å². The first kappa shape index (κ1) is 14.5. The molecule has 0 bridgehead atoms. The molecule has 0 unspecified atom stereocenters. The SMILES string of the molecule is CCCc1noc(COc2ccc(CNCC)cc2)n1. The molecule has 0 aliphatic rings. The third-order valence-corrected chi connectivity index (χ3v) is 2.85. The number of aryl methyl sites for hydroxylation is 1. The highest BCUT2D eigenvalue weighted by Gasteiger charge is 2.06. The van der Waals surface area contributed by atoms with Gasteiger partial charge < -0.3 is 14.6 Å². The number of benzene rings is 1. The summed E-state index contributed by atoms with van der Waals surface area (Å²) >= 11 is 0. The molecule has 0 saturated heterocycles. The van der Waals surface area contributed by atoms with Crippen molar-refractivity contribution in [3.8, 4) is 5.75 Å². The molecular weight excluding hydrogens is 254 g/mol. The van der Waals surface area contributed by atoms with Gasteiger partial charge in [-0.1, -0.05) is 31.1 Å². The van der Waals surface area contributed by atoms with E-state index in [4.69, 9.17) is 9.26 Å². The summed E-state index contributed by atoms with van der Waals surface area (Å²) in [5.74, 6) is 2.07. The molecule has 5 nitrogen and oxygen atoms in total. The van der Waals surface area contributed by atoms with E-state index >= 15 is 0 Å². The molecule has 0 amide bonds. The van der Waals surface area contributed by atoms with Crippen LogP contribution >= 0.6 is 0 Å². The van der Waals surface area contributed by atoms with E-state index in [2.05, 4.69) is 29.3 Å². The molecule has 0 fully saturated rings. The van der Waals surface area contributed by atoms with Gasteiger partial charge in [0.25, 0.3) is 5.89 Å².